The number of unbranched alkanes of at least 4 members (excludes halogenated alkanes) is 2. The van der Waals surface area contributed by atoms with Crippen molar-refractivity contribution < 1.29 is 0 Å². The second-order valence-corrected chi connectivity index (χ2v) is 23.0. The molecule has 9 aromatic carbocycles. The predicted molar refractivity (Wildman–Crippen MR) is 313 cm³/mol. The Morgan fingerprint density at radius 2 is 0.859 bits per heavy atom. The van der Waals surface area contributed by atoms with Crippen molar-refractivity contribution in [2.45, 2.75) is 78.6 Å². The average Bonchev–Trinajstić information content (AvgIpc) is 3.98. The van der Waals surface area contributed by atoms with E-state index in [2.05, 4.69) is 226 Å². The minimum atomic E-state index is -0.147. The number of hydrogen-bond acceptors (Lipinski definition) is 4. The Balaban J connectivity index is 1.22. The third-order valence-corrected chi connectivity index (χ3v) is 17.7. The van der Waals surface area contributed by atoms with E-state index in [-0.39, 0.29) is 12.1 Å². The molecule has 71 heavy (non-hydrogen) atoms. The normalized spacial score (nSPS) is 13.1. The lowest BCUT2D eigenvalue weighted by Crippen LogP contribution is -2.61. The second kappa shape index (κ2) is 17.4. The largest absolute Gasteiger partial charge is 0.310 e. The van der Waals surface area contributed by atoms with Gasteiger partial charge in [0, 0.05) is 63.1 Å². The molecule has 0 saturated carbocycles. The molecule has 2 aromatic heterocycles. The van der Waals surface area contributed by atoms with Gasteiger partial charge in [0.25, 0.3) is 6.71 Å². The average molecular weight is 953 g/mol. The quantitative estimate of drug-likeness (QED) is 0.126. The Morgan fingerprint density at radius 1 is 0.423 bits per heavy atom. The van der Waals surface area contributed by atoms with Crippen molar-refractivity contribution in [2.75, 3.05) is 9.80 Å². The highest BCUT2D eigenvalue weighted by Crippen LogP contribution is 2.53. The fourth-order valence-corrected chi connectivity index (χ4v) is 14.1. The number of nitrogens with zero attached hydrogens (tertiary/aromatic N) is 2. The summed E-state index contributed by atoms with van der Waals surface area (Å²) < 4.78 is 5.34. The van der Waals surface area contributed by atoms with Crippen LogP contribution in [0.5, 0.6) is 0 Å². The highest BCUT2D eigenvalue weighted by molar-refractivity contribution is 7.26. The van der Waals surface area contributed by atoms with E-state index in [1.54, 1.807) is 0 Å². The Bertz CT molecular complexity index is 3620. The zero-order valence-corrected chi connectivity index (χ0v) is 43.0. The predicted octanol–water partition coefficient (Wildman–Crippen LogP) is 17.8. The Morgan fingerprint density at radius 3 is 1.30 bits per heavy atom. The Kier molecular flexibility index (Phi) is 10.8. The van der Waals surface area contributed by atoms with Crippen molar-refractivity contribution in [3.8, 4) is 22.3 Å². The van der Waals surface area contributed by atoms with Gasteiger partial charge in [0.1, 0.15) is 0 Å². The van der Waals surface area contributed by atoms with Crippen LogP contribution in [0.2, 0.25) is 0 Å². The molecule has 0 spiro atoms. The smallest absolute Gasteiger partial charge is 0.252 e. The highest BCUT2D eigenvalue weighted by atomic mass is 32.1. The van der Waals surface area contributed by atoms with Gasteiger partial charge in [-0.2, -0.15) is 0 Å². The summed E-state index contributed by atoms with van der Waals surface area (Å²) in [5, 5.41) is 5.40. The summed E-state index contributed by atoms with van der Waals surface area (Å²) in [5.74, 6) is 0. The molecule has 0 bridgehead atoms. The Hall–Kier alpha value is -6.92. The minimum absolute atomic E-state index is 0.0473. The first kappa shape index (κ1) is 44.1. The molecule has 2 aliphatic heterocycles. The number of aryl methyl sites for hydroxylation is 2. The molecule has 346 valence electrons. The molecule has 0 radical (unpaired) electrons. The molecule has 5 heteroatoms. The van der Waals surface area contributed by atoms with Crippen molar-refractivity contribution in [3.05, 3.63) is 199 Å². The van der Waals surface area contributed by atoms with Crippen LogP contribution in [-0.4, -0.2) is 6.71 Å². The van der Waals surface area contributed by atoms with Crippen LogP contribution >= 0.6 is 22.7 Å². The number of hydrogen-bond donors (Lipinski definition) is 0. The van der Waals surface area contributed by atoms with Gasteiger partial charge in [0.15, 0.2) is 0 Å². The highest BCUT2D eigenvalue weighted by Gasteiger charge is 2.46. The lowest BCUT2D eigenvalue weighted by Gasteiger charge is -2.46. The summed E-state index contributed by atoms with van der Waals surface area (Å²) >= 11 is 3.85. The molecule has 0 amide bonds. The molecular formula is C66H57BN2S2. The van der Waals surface area contributed by atoms with Gasteiger partial charge >= 0.3 is 0 Å². The summed E-state index contributed by atoms with van der Waals surface area (Å²) in [5.41, 5.74) is 20.8. The first-order valence-corrected chi connectivity index (χ1v) is 27.5. The molecular weight excluding hydrogens is 896 g/mol. The van der Waals surface area contributed by atoms with Crippen LogP contribution in [0, 0.1) is 0 Å². The van der Waals surface area contributed by atoms with E-state index in [1.165, 1.54) is 130 Å². The van der Waals surface area contributed by atoms with Gasteiger partial charge in [-0.25, -0.2) is 0 Å². The van der Waals surface area contributed by atoms with E-state index in [0.29, 0.717) is 0 Å². The van der Waals surface area contributed by atoms with Crippen LogP contribution in [0.15, 0.2) is 182 Å². The summed E-state index contributed by atoms with van der Waals surface area (Å²) in [6.07, 6.45) is 6.53. The van der Waals surface area contributed by atoms with Crippen molar-refractivity contribution in [1.29, 1.82) is 0 Å². The zero-order chi connectivity index (χ0) is 48.0. The number of benzene rings is 9. The third-order valence-electron chi connectivity index (χ3n) is 15.4. The van der Waals surface area contributed by atoms with Crippen LogP contribution < -0.4 is 26.2 Å². The molecule has 0 N–H and O–H groups in total. The molecule has 4 heterocycles. The third kappa shape index (κ3) is 7.18. The molecule has 0 fully saturated rings. The molecule has 11 aromatic rings. The fourth-order valence-electron chi connectivity index (χ4n) is 11.9. The first-order valence-electron chi connectivity index (χ1n) is 25.8. The van der Waals surface area contributed by atoms with E-state index in [9.17, 15) is 0 Å². The molecule has 2 nitrogen and oxygen atoms in total. The molecule has 13 rings (SSSR count). The van der Waals surface area contributed by atoms with Gasteiger partial charge < -0.3 is 9.80 Å². The van der Waals surface area contributed by atoms with Crippen LogP contribution in [0.1, 0.15) is 77.0 Å². The van der Waals surface area contributed by atoms with E-state index < -0.39 is 0 Å². The summed E-state index contributed by atoms with van der Waals surface area (Å²) in [7, 11) is 0. The lowest BCUT2D eigenvalue weighted by molar-refractivity contribution is 0.590. The number of thiophene rings is 2. The van der Waals surface area contributed by atoms with Crippen LogP contribution in [0.3, 0.4) is 0 Å². The maximum absolute atomic E-state index is 2.75. The van der Waals surface area contributed by atoms with Crippen molar-refractivity contribution in [1.82, 2.24) is 0 Å². The fraction of sp³-hybridized carbons (Fsp3) is 0.182. The summed E-state index contributed by atoms with van der Waals surface area (Å²) in [6, 6.07) is 70.0. The summed E-state index contributed by atoms with van der Waals surface area (Å²) in [4.78, 5) is 5.51. The maximum atomic E-state index is 2.75. The second-order valence-electron chi connectivity index (χ2n) is 20.9. The number of rotatable bonds is 10. The molecule has 0 saturated heterocycles. The zero-order valence-electron chi connectivity index (χ0n) is 41.4. The molecule has 0 aliphatic carbocycles. The van der Waals surface area contributed by atoms with Crippen molar-refractivity contribution >= 4 is 120 Å². The van der Waals surface area contributed by atoms with E-state index in [0.717, 1.165) is 38.5 Å². The lowest BCUT2D eigenvalue weighted by atomic mass is 9.33. The number of fused-ring (bicyclic) bond motifs is 10. The monoisotopic (exact) mass is 952 g/mol. The Labute approximate surface area is 426 Å². The van der Waals surface area contributed by atoms with E-state index in [1.807, 2.05) is 22.7 Å². The molecule has 2 aliphatic rings. The van der Waals surface area contributed by atoms with E-state index in [4.69, 9.17) is 0 Å². The number of anilines is 6. The van der Waals surface area contributed by atoms with Crippen LogP contribution in [0.25, 0.3) is 62.6 Å². The van der Waals surface area contributed by atoms with Gasteiger partial charge in [-0.15, -0.1) is 22.7 Å². The maximum Gasteiger partial charge on any atom is 0.252 e. The summed E-state index contributed by atoms with van der Waals surface area (Å²) in [6.45, 7) is 11.8. The van der Waals surface area contributed by atoms with Gasteiger partial charge in [0.2, 0.25) is 0 Å². The van der Waals surface area contributed by atoms with E-state index >= 15 is 0 Å². The van der Waals surface area contributed by atoms with Crippen LogP contribution in [-0.2, 0) is 18.3 Å². The topological polar surface area (TPSA) is 6.48 Å². The van der Waals surface area contributed by atoms with Crippen molar-refractivity contribution in [3.63, 3.8) is 0 Å². The van der Waals surface area contributed by atoms with Crippen LogP contribution in [0.4, 0.5) is 34.1 Å². The van der Waals surface area contributed by atoms with Gasteiger partial charge in [-0.05, 0) is 135 Å². The van der Waals surface area contributed by atoms with Crippen molar-refractivity contribution in [2.24, 2.45) is 0 Å². The molecule has 0 unspecified atom stereocenters. The standard InChI is InChI=1S/C66H57BN2S2/c1-6-8-20-44-32-36-59-61(49-26-16-18-28-57(49)70-59)64(44)68-53-34-30-46(42-22-12-10-13-23-42)38-51(53)67-52-39-47(43-24-14-11-15-25-43)31-35-54(52)69(56-41-48(66(3,4)5)40-55(68)63(56)67)65-45(21-9-7-2)33-37-60-62(65)50-27-17-19-29-58(50)71-60/h10-19,22-41H,6-9,20-21H2,1-5H3. The minimum Gasteiger partial charge on any atom is -0.310 e. The van der Waals surface area contributed by atoms with Gasteiger partial charge in [-0.3, -0.25) is 0 Å². The SMILES string of the molecule is CCCCc1ccc2sc3ccccc3c2c1N1c2ccc(-c3ccccc3)cc2B2c3cc(-c4ccccc4)ccc3N(c3c(CCCC)ccc4sc5ccccc5c34)c3cc(C(C)(C)C)cc1c32. The molecule has 0 atom stereocenters. The van der Waals surface area contributed by atoms with Gasteiger partial charge in [0.05, 0.1) is 11.4 Å². The first-order chi connectivity index (χ1) is 34.8. The van der Waals surface area contributed by atoms with Gasteiger partial charge in [-0.1, -0.05) is 181 Å².